The van der Waals surface area contributed by atoms with Crippen LogP contribution in [0.15, 0.2) is 54.7 Å². The van der Waals surface area contributed by atoms with Crippen molar-refractivity contribution in [1.82, 2.24) is 4.57 Å². The Morgan fingerprint density at radius 1 is 1.19 bits per heavy atom. The molecule has 3 rings (SSSR count). The largest absolute Gasteiger partial charge is 0.479 e. The minimum Gasteiger partial charge on any atom is -0.479 e. The van der Waals surface area contributed by atoms with E-state index in [1.54, 1.807) is 11.3 Å². The molecule has 1 unspecified atom stereocenters. The Kier molecular flexibility index (Phi) is 5.30. The van der Waals surface area contributed by atoms with Crippen LogP contribution >= 0.6 is 11.3 Å². The van der Waals surface area contributed by atoms with Crippen LogP contribution in [0.3, 0.4) is 0 Å². The van der Waals surface area contributed by atoms with E-state index in [4.69, 9.17) is 4.74 Å². The molecule has 0 amide bonds. The van der Waals surface area contributed by atoms with Gasteiger partial charge in [-0.3, -0.25) is 0 Å². The number of aliphatic carboxylic acids is 1. The lowest BCUT2D eigenvalue weighted by Crippen LogP contribution is -2.43. The Morgan fingerprint density at radius 3 is 2.50 bits per heavy atom. The van der Waals surface area contributed by atoms with Gasteiger partial charge in [0.25, 0.3) is 0 Å². The number of aromatic nitrogens is 1. The van der Waals surface area contributed by atoms with E-state index in [0.29, 0.717) is 12.2 Å². The van der Waals surface area contributed by atoms with Crippen molar-refractivity contribution >= 4 is 17.3 Å². The van der Waals surface area contributed by atoms with Gasteiger partial charge in [-0.2, -0.15) is 0 Å². The Labute approximate surface area is 157 Å². The van der Waals surface area contributed by atoms with Gasteiger partial charge in [0.05, 0.1) is 6.54 Å². The number of hydrogen-bond acceptors (Lipinski definition) is 3. The van der Waals surface area contributed by atoms with Gasteiger partial charge in [0.2, 0.25) is 5.60 Å². The van der Waals surface area contributed by atoms with Crippen molar-refractivity contribution in [3.63, 3.8) is 0 Å². The Hall–Kier alpha value is -2.37. The molecule has 1 atom stereocenters. The minimum absolute atomic E-state index is 0.205. The van der Waals surface area contributed by atoms with Crippen molar-refractivity contribution in [3.8, 4) is 11.3 Å². The lowest BCUT2D eigenvalue weighted by atomic mass is 9.93. The maximum Gasteiger partial charge on any atom is 0.342 e. The van der Waals surface area contributed by atoms with Crippen molar-refractivity contribution in [2.75, 3.05) is 6.61 Å². The Morgan fingerprint density at radius 2 is 1.92 bits per heavy atom. The van der Waals surface area contributed by atoms with E-state index in [2.05, 4.69) is 19.9 Å². The topological polar surface area (TPSA) is 51.5 Å². The summed E-state index contributed by atoms with van der Waals surface area (Å²) in [6.45, 7) is 6.52. The fourth-order valence-corrected chi connectivity index (χ4v) is 4.28. The lowest BCUT2D eigenvalue weighted by molar-refractivity contribution is -0.169. The normalized spacial score (nSPS) is 13.5. The molecule has 0 aliphatic carbocycles. The van der Waals surface area contributed by atoms with E-state index < -0.39 is 11.6 Å². The number of thiophene rings is 1. The molecular formula is C21H23NO3S. The summed E-state index contributed by atoms with van der Waals surface area (Å²) >= 11 is 1.75. The average molecular weight is 369 g/mol. The summed E-state index contributed by atoms with van der Waals surface area (Å²) < 4.78 is 7.84. The molecule has 0 radical (unpaired) electrons. The van der Waals surface area contributed by atoms with Gasteiger partial charge < -0.3 is 14.4 Å². The maximum absolute atomic E-state index is 12.3. The second-order valence-corrected chi connectivity index (χ2v) is 7.74. The number of aryl methyl sites for hydroxylation is 2. The molecule has 0 fully saturated rings. The molecule has 0 aliphatic heterocycles. The highest BCUT2D eigenvalue weighted by atomic mass is 32.1. The van der Waals surface area contributed by atoms with Gasteiger partial charge >= 0.3 is 5.97 Å². The maximum atomic E-state index is 12.3. The summed E-state index contributed by atoms with van der Waals surface area (Å²) in [5.41, 5.74) is 1.37. The SMILES string of the molecule is CCOC(Cn1cccc1-c1cc(C)sc1C)(C(=O)O)c1ccccc1. The fourth-order valence-electron chi connectivity index (χ4n) is 3.35. The molecule has 0 saturated carbocycles. The molecule has 2 aromatic heterocycles. The molecule has 136 valence electrons. The molecule has 1 N–H and O–H groups in total. The quantitative estimate of drug-likeness (QED) is 0.648. The standard InChI is InChI=1S/C21H23NO3S/c1-4-25-21(20(23)24,17-9-6-5-7-10-17)14-22-12-8-11-19(22)18-13-15(2)26-16(18)3/h5-13H,4,14H2,1-3H3,(H,23,24). The molecule has 3 aromatic rings. The number of hydrogen-bond donors (Lipinski definition) is 1. The van der Waals surface area contributed by atoms with Crippen LogP contribution in [0, 0.1) is 13.8 Å². The molecule has 1 aromatic carbocycles. The predicted molar refractivity (Wildman–Crippen MR) is 105 cm³/mol. The van der Waals surface area contributed by atoms with Crippen LogP contribution in [-0.4, -0.2) is 22.2 Å². The molecule has 0 aliphatic rings. The van der Waals surface area contributed by atoms with E-state index in [-0.39, 0.29) is 6.54 Å². The zero-order valence-corrected chi connectivity index (χ0v) is 16.0. The number of rotatable bonds is 7. The zero-order chi connectivity index (χ0) is 18.7. The van der Waals surface area contributed by atoms with Gasteiger partial charge in [0, 0.05) is 33.8 Å². The third-order valence-electron chi connectivity index (χ3n) is 4.52. The van der Waals surface area contributed by atoms with Crippen molar-refractivity contribution in [2.45, 2.75) is 32.9 Å². The summed E-state index contributed by atoms with van der Waals surface area (Å²) in [6.07, 6.45) is 1.92. The highest BCUT2D eigenvalue weighted by molar-refractivity contribution is 7.12. The van der Waals surface area contributed by atoms with Crippen LogP contribution in [-0.2, 0) is 21.7 Å². The number of benzene rings is 1. The summed E-state index contributed by atoms with van der Waals surface area (Å²) in [5, 5.41) is 10.1. The van der Waals surface area contributed by atoms with Gasteiger partial charge in [0.15, 0.2) is 0 Å². The first-order valence-corrected chi connectivity index (χ1v) is 9.45. The van der Waals surface area contributed by atoms with Crippen LogP contribution in [0.2, 0.25) is 0 Å². The smallest absolute Gasteiger partial charge is 0.342 e. The van der Waals surface area contributed by atoms with Crippen molar-refractivity contribution in [1.29, 1.82) is 0 Å². The summed E-state index contributed by atoms with van der Waals surface area (Å²) in [4.78, 5) is 14.8. The van der Waals surface area contributed by atoms with E-state index in [1.165, 1.54) is 9.75 Å². The van der Waals surface area contributed by atoms with Crippen LogP contribution in [0.5, 0.6) is 0 Å². The minimum atomic E-state index is -1.43. The summed E-state index contributed by atoms with van der Waals surface area (Å²) in [5.74, 6) is -0.983. The predicted octanol–water partition coefficient (Wildman–Crippen LogP) is 4.85. The molecule has 5 heteroatoms. The number of carboxylic acids is 1. The van der Waals surface area contributed by atoms with Gasteiger partial charge in [-0.1, -0.05) is 30.3 Å². The number of carbonyl (C=O) groups is 1. The van der Waals surface area contributed by atoms with E-state index in [1.807, 2.05) is 60.2 Å². The number of carboxylic acid groups (broad SMARTS) is 1. The first kappa shape index (κ1) is 18.4. The van der Waals surface area contributed by atoms with Crippen LogP contribution in [0.25, 0.3) is 11.3 Å². The summed E-state index contributed by atoms with van der Waals surface area (Å²) in [7, 11) is 0. The average Bonchev–Trinajstić information content (AvgIpc) is 3.20. The van der Waals surface area contributed by atoms with Crippen LogP contribution in [0.4, 0.5) is 0 Å². The molecular weight excluding hydrogens is 346 g/mol. The third-order valence-corrected chi connectivity index (χ3v) is 5.48. The van der Waals surface area contributed by atoms with Crippen molar-refractivity contribution in [3.05, 3.63) is 70.0 Å². The van der Waals surface area contributed by atoms with Crippen LogP contribution < -0.4 is 0 Å². The van der Waals surface area contributed by atoms with Crippen LogP contribution in [0.1, 0.15) is 22.2 Å². The molecule has 4 nitrogen and oxygen atoms in total. The fraction of sp³-hybridized carbons (Fsp3) is 0.286. The molecule has 26 heavy (non-hydrogen) atoms. The monoisotopic (exact) mass is 369 g/mol. The second kappa shape index (κ2) is 7.48. The summed E-state index contributed by atoms with van der Waals surface area (Å²) in [6, 6.07) is 15.3. The van der Waals surface area contributed by atoms with Gasteiger partial charge in [-0.05, 0) is 44.5 Å². The molecule has 0 bridgehead atoms. The van der Waals surface area contributed by atoms with E-state index in [9.17, 15) is 9.90 Å². The number of nitrogens with zero attached hydrogens (tertiary/aromatic N) is 1. The van der Waals surface area contributed by atoms with E-state index >= 15 is 0 Å². The van der Waals surface area contributed by atoms with E-state index in [0.717, 1.165) is 11.3 Å². The van der Waals surface area contributed by atoms with Gasteiger partial charge in [-0.25, -0.2) is 4.79 Å². The van der Waals surface area contributed by atoms with Gasteiger partial charge in [0.1, 0.15) is 0 Å². The highest BCUT2D eigenvalue weighted by Gasteiger charge is 2.42. The van der Waals surface area contributed by atoms with Gasteiger partial charge in [-0.15, -0.1) is 11.3 Å². The third kappa shape index (κ3) is 3.32. The molecule has 0 saturated heterocycles. The number of ether oxygens (including phenoxy) is 1. The Balaban J connectivity index is 2.08. The first-order valence-electron chi connectivity index (χ1n) is 8.63. The van der Waals surface area contributed by atoms with Crippen molar-refractivity contribution < 1.29 is 14.6 Å². The zero-order valence-electron chi connectivity index (χ0n) is 15.2. The first-order chi connectivity index (χ1) is 12.5. The van der Waals surface area contributed by atoms with Crippen molar-refractivity contribution in [2.24, 2.45) is 0 Å². The Bertz CT molecular complexity index is 897. The molecule has 2 heterocycles. The molecule has 0 spiro atoms. The second-order valence-electron chi connectivity index (χ2n) is 6.28. The lowest BCUT2D eigenvalue weighted by Gasteiger charge is -2.31. The highest BCUT2D eigenvalue weighted by Crippen LogP contribution is 2.34.